The maximum absolute atomic E-state index is 4.71. The number of hydrogen-bond donors (Lipinski definition) is 1. The van der Waals surface area contributed by atoms with Crippen molar-refractivity contribution >= 4 is 11.0 Å². The Hall–Kier alpha value is -1.42. The molecule has 0 amide bonds. The molecule has 1 unspecified atom stereocenters. The minimum Gasteiger partial charge on any atom is -0.328 e. The van der Waals surface area contributed by atoms with Crippen LogP contribution in [0, 0.1) is 0 Å². The number of imidazole rings is 1. The summed E-state index contributed by atoms with van der Waals surface area (Å²) in [6.45, 7) is 8.56. The number of fused-ring (bicyclic) bond motifs is 1. The molecule has 0 fully saturated rings. The summed E-state index contributed by atoms with van der Waals surface area (Å²) in [5.41, 5.74) is 2.20. The number of aryl methyl sites for hydroxylation is 1. The zero-order valence-electron chi connectivity index (χ0n) is 11.5. The third kappa shape index (κ3) is 2.70. The summed E-state index contributed by atoms with van der Waals surface area (Å²) < 4.78 is 2.32. The minimum atomic E-state index is 0.454. The lowest BCUT2D eigenvalue weighted by molar-refractivity contribution is 0.532. The maximum atomic E-state index is 4.71. The summed E-state index contributed by atoms with van der Waals surface area (Å²) >= 11 is 0. The van der Waals surface area contributed by atoms with Crippen molar-refractivity contribution in [2.75, 3.05) is 6.54 Å². The van der Waals surface area contributed by atoms with Crippen molar-refractivity contribution in [3.63, 3.8) is 0 Å². The van der Waals surface area contributed by atoms with Crippen molar-refractivity contribution < 1.29 is 0 Å². The number of aromatic nitrogens is 3. The molecule has 98 valence electrons. The van der Waals surface area contributed by atoms with Gasteiger partial charge in [-0.1, -0.05) is 13.8 Å². The van der Waals surface area contributed by atoms with Crippen LogP contribution in [0.3, 0.4) is 0 Å². The van der Waals surface area contributed by atoms with Gasteiger partial charge in [-0.05, 0) is 26.0 Å². The minimum absolute atomic E-state index is 0.454. The van der Waals surface area contributed by atoms with Crippen LogP contribution in [-0.4, -0.2) is 27.1 Å². The van der Waals surface area contributed by atoms with Crippen LogP contribution in [0.1, 0.15) is 33.0 Å². The van der Waals surface area contributed by atoms with E-state index in [-0.39, 0.29) is 0 Å². The van der Waals surface area contributed by atoms with Crippen LogP contribution >= 0.6 is 0 Å². The SMILES string of the molecule is CCCn1c(CC(C)NCC)nc2cnccc21. The van der Waals surface area contributed by atoms with Crippen molar-refractivity contribution in [3.05, 3.63) is 24.3 Å². The van der Waals surface area contributed by atoms with Gasteiger partial charge in [-0.15, -0.1) is 0 Å². The Kier molecular flexibility index (Phi) is 4.31. The summed E-state index contributed by atoms with van der Waals surface area (Å²) in [7, 11) is 0. The summed E-state index contributed by atoms with van der Waals surface area (Å²) in [6, 6.07) is 2.51. The van der Waals surface area contributed by atoms with Crippen LogP contribution in [0.5, 0.6) is 0 Å². The Morgan fingerprint density at radius 1 is 1.39 bits per heavy atom. The highest BCUT2D eigenvalue weighted by atomic mass is 15.1. The summed E-state index contributed by atoms with van der Waals surface area (Å²) in [6.07, 6.45) is 5.77. The average Bonchev–Trinajstić information content (AvgIpc) is 2.68. The van der Waals surface area contributed by atoms with Gasteiger partial charge < -0.3 is 9.88 Å². The van der Waals surface area contributed by atoms with E-state index in [2.05, 4.69) is 41.7 Å². The average molecular weight is 246 g/mol. The molecule has 0 aliphatic carbocycles. The summed E-state index contributed by atoms with van der Waals surface area (Å²) in [4.78, 5) is 8.87. The highest BCUT2D eigenvalue weighted by Gasteiger charge is 2.12. The molecule has 2 heterocycles. The van der Waals surface area contributed by atoms with E-state index in [0.717, 1.165) is 37.3 Å². The van der Waals surface area contributed by atoms with Gasteiger partial charge in [0.2, 0.25) is 0 Å². The molecule has 18 heavy (non-hydrogen) atoms. The number of pyridine rings is 1. The second-order valence-electron chi connectivity index (χ2n) is 4.71. The third-order valence-corrected chi connectivity index (χ3v) is 3.12. The lowest BCUT2D eigenvalue weighted by Crippen LogP contribution is -2.28. The van der Waals surface area contributed by atoms with Crippen LogP contribution in [0.15, 0.2) is 18.5 Å². The second kappa shape index (κ2) is 5.96. The Bertz CT molecular complexity index is 503. The molecule has 4 heteroatoms. The van der Waals surface area contributed by atoms with Gasteiger partial charge in [0.25, 0.3) is 0 Å². The molecule has 1 N–H and O–H groups in total. The normalized spacial score (nSPS) is 13.1. The second-order valence-corrected chi connectivity index (χ2v) is 4.71. The number of rotatable bonds is 6. The van der Waals surface area contributed by atoms with Crippen molar-refractivity contribution in [2.45, 2.75) is 46.2 Å². The predicted molar refractivity (Wildman–Crippen MR) is 74.7 cm³/mol. The van der Waals surface area contributed by atoms with E-state index < -0.39 is 0 Å². The van der Waals surface area contributed by atoms with Gasteiger partial charge in [0.1, 0.15) is 11.3 Å². The Morgan fingerprint density at radius 3 is 2.94 bits per heavy atom. The van der Waals surface area contributed by atoms with Crippen molar-refractivity contribution in [1.29, 1.82) is 0 Å². The molecule has 2 rings (SSSR count). The van der Waals surface area contributed by atoms with E-state index in [1.165, 1.54) is 5.52 Å². The van der Waals surface area contributed by atoms with Gasteiger partial charge in [0.05, 0.1) is 11.7 Å². The van der Waals surface area contributed by atoms with E-state index in [4.69, 9.17) is 4.98 Å². The third-order valence-electron chi connectivity index (χ3n) is 3.12. The van der Waals surface area contributed by atoms with Crippen molar-refractivity contribution in [1.82, 2.24) is 19.9 Å². The van der Waals surface area contributed by atoms with Crippen LogP contribution in [-0.2, 0) is 13.0 Å². The van der Waals surface area contributed by atoms with Crippen LogP contribution in [0.4, 0.5) is 0 Å². The van der Waals surface area contributed by atoms with E-state index in [1.807, 2.05) is 12.4 Å². The fourth-order valence-corrected chi connectivity index (χ4v) is 2.36. The van der Waals surface area contributed by atoms with Gasteiger partial charge in [-0.3, -0.25) is 4.98 Å². The lowest BCUT2D eigenvalue weighted by atomic mass is 10.2. The van der Waals surface area contributed by atoms with E-state index >= 15 is 0 Å². The molecular weight excluding hydrogens is 224 g/mol. The fraction of sp³-hybridized carbons (Fsp3) is 0.571. The number of nitrogens with zero attached hydrogens (tertiary/aromatic N) is 3. The number of nitrogens with one attached hydrogen (secondary N) is 1. The standard InChI is InChI=1S/C14H22N4/c1-4-8-18-13-6-7-15-10-12(13)17-14(18)9-11(3)16-5-2/h6-7,10-11,16H,4-5,8-9H2,1-3H3. The molecule has 4 nitrogen and oxygen atoms in total. The fourth-order valence-electron chi connectivity index (χ4n) is 2.36. The molecule has 0 saturated carbocycles. The van der Waals surface area contributed by atoms with Crippen LogP contribution in [0.25, 0.3) is 11.0 Å². The van der Waals surface area contributed by atoms with Gasteiger partial charge >= 0.3 is 0 Å². The molecule has 1 atom stereocenters. The van der Waals surface area contributed by atoms with Gasteiger partial charge in [-0.25, -0.2) is 4.98 Å². The first-order valence-electron chi connectivity index (χ1n) is 6.78. The Labute approximate surface area is 108 Å². The number of likely N-dealkylation sites (N-methyl/N-ethyl adjacent to an activating group) is 1. The Morgan fingerprint density at radius 2 is 2.22 bits per heavy atom. The molecule has 2 aromatic heterocycles. The van der Waals surface area contributed by atoms with Gasteiger partial charge in [-0.2, -0.15) is 0 Å². The predicted octanol–water partition coefficient (Wildman–Crippen LogP) is 2.38. The monoisotopic (exact) mass is 246 g/mol. The molecule has 0 radical (unpaired) electrons. The van der Waals surface area contributed by atoms with Gasteiger partial charge in [0, 0.05) is 25.2 Å². The quantitative estimate of drug-likeness (QED) is 0.851. The van der Waals surface area contributed by atoms with Gasteiger partial charge in [0.15, 0.2) is 0 Å². The number of hydrogen-bond acceptors (Lipinski definition) is 3. The van der Waals surface area contributed by atoms with E-state index in [9.17, 15) is 0 Å². The zero-order valence-corrected chi connectivity index (χ0v) is 11.5. The van der Waals surface area contributed by atoms with Crippen molar-refractivity contribution in [2.24, 2.45) is 0 Å². The maximum Gasteiger partial charge on any atom is 0.111 e. The molecule has 0 saturated heterocycles. The molecule has 2 aromatic rings. The lowest BCUT2D eigenvalue weighted by Gasteiger charge is -2.13. The van der Waals surface area contributed by atoms with E-state index in [0.29, 0.717) is 6.04 Å². The first-order valence-corrected chi connectivity index (χ1v) is 6.78. The first kappa shape index (κ1) is 13.0. The molecule has 0 aromatic carbocycles. The molecule has 0 spiro atoms. The highest BCUT2D eigenvalue weighted by molar-refractivity contribution is 5.74. The topological polar surface area (TPSA) is 42.7 Å². The largest absolute Gasteiger partial charge is 0.328 e. The Balaban J connectivity index is 2.33. The molecular formula is C14H22N4. The van der Waals surface area contributed by atoms with Crippen LogP contribution in [0.2, 0.25) is 0 Å². The molecule has 0 aliphatic rings. The molecule has 0 bridgehead atoms. The van der Waals surface area contributed by atoms with E-state index in [1.54, 1.807) is 0 Å². The molecule has 0 aliphatic heterocycles. The first-order chi connectivity index (χ1) is 8.76. The van der Waals surface area contributed by atoms with Crippen molar-refractivity contribution in [3.8, 4) is 0 Å². The van der Waals surface area contributed by atoms with Crippen LogP contribution < -0.4 is 5.32 Å². The smallest absolute Gasteiger partial charge is 0.111 e. The highest BCUT2D eigenvalue weighted by Crippen LogP contribution is 2.16. The summed E-state index contributed by atoms with van der Waals surface area (Å²) in [5, 5.41) is 3.44. The zero-order chi connectivity index (χ0) is 13.0. The summed E-state index contributed by atoms with van der Waals surface area (Å²) in [5.74, 6) is 1.16.